The van der Waals surface area contributed by atoms with Crippen molar-refractivity contribution >= 4 is 10.8 Å². The van der Waals surface area contributed by atoms with Gasteiger partial charge in [-0.1, -0.05) is 42.5 Å². The monoisotopic (exact) mass is 269 g/mol. The summed E-state index contributed by atoms with van der Waals surface area (Å²) < 4.78 is 39.0. The van der Waals surface area contributed by atoms with E-state index in [1.807, 2.05) is 42.5 Å². The molecule has 2 rings (SSSR count). The third-order valence-electron chi connectivity index (χ3n) is 2.74. The van der Waals surface area contributed by atoms with Crippen LogP contribution < -0.4 is 5.32 Å². The summed E-state index contributed by atoms with van der Waals surface area (Å²) in [5, 5.41) is 5.17. The molecule has 0 saturated carbocycles. The summed E-state index contributed by atoms with van der Waals surface area (Å²) in [7, 11) is 0. The molecular weight excluding hydrogens is 255 g/mol. The summed E-state index contributed by atoms with van der Waals surface area (Å²) >= 11 is 0. The largest absolute Gasteiger partial charge is 0.522 e. The summed E-state index contributed by atoms with van der Waals surface area (Å²) in [6, 6.07) is 13.8. The molecule has 0 aliphatic carbocycles. The van der Waals surface area contributed by atoms with Gasteiger partial charge in [-0.2, -0.15) is 0 Å². The summed E-state index contributed by atoms with van der Waals surface area (Å²) in [6.45, 7) is 0.291. The van der Waals surface area contributed by atoms with Gasteiger partial charge in [-0.15, -0.1) is 13.2 Å². The summed E-state index contributed by atoms with van der Waals surface area (Å²) in [5.41, 5.74) is 1.06. The molecule has 0 radical (unpaired) electrons. The standard InChI is InChI=1S/C14H14F3NO/c15-14(16,17)19-9-8-18-10-12-6-3-5-11-4-1-2-7-13(11)12/h1-7,18H,8-10H2. The van der Waals surface area contributed by atoms with Gasteiger partial charge in [-0.25, -0.2) is 0 Å². The van der Waals surface area contributed by atoms with E-state index in [1.54, 1.807) is 0 Å². The van der Waals surface area contributed by atoms with Crippen molar-refractivity contribution in [3.8, 4) is 0 Å². The quantitative estimate of drug-likeness (QED) is 0.839. The zero-order chi connectivity index (χ0) is 13.7. The Labute approximate surface area is 109 Å². The van der Waals surface area contributed by atoms with E-state index in [0.29, 0.717) is 6.54 Å². The van der Waals surface area contributed by atoms with E-state index in [4.69, 9.17) is 0 Å². The number of nitrogens with one attached hydrogen (secondary N) is 1. The van der Waals surface area contributed by atoms with Crippen LogP contribution in [0.4, 0.5) is 13.2 Å². The Morgan fingerprint density at radius 3 is 2.53 bits per heavy atom. The number of alkyl halides is 3. The molecule has 2 nitrogen and oxygen atoms in total. The maximum Gasteiger partial charge on any atom is 0.522 e. The molecule has 0 fully saturated rings. The number of hydrogen-bond acceptors (Lipinski definition) is 2. The molecule has 0 saturated heterocycles. The summed E-state index contributed by atoms with van der Waals surface area (Å²) in [5.74, 6) is 0. The van der Waals surface area contributed by atoms with E-state index in [2.05, 4.69) is 10.1 Å². The molecule has 0 amide bonds. The highest BCUT2D eigenvalue weighted by atomic mass is 19.4. The van der Waals surface area contributed by atoms with Crippen molar-refractivity contribution in [1.82, 2.24) is 5.32 Å². The first kappa shape index (κ1) is 13.8. The van der Waals surface area contributed by atoms with Crippen LogP contribution in [0.3, 0.4) is 0 Å². The van der Waals surface area contributed by atoms with E-state index >= 15 is 0 Å². The SMILES string of the molecule is FC(F)(F)OCCNCc1cccc2ccccc12. The Hall–Kier alpha value is -1.59. The number of benzene rings is 2. The first-order chi connectivity index (χ1) is 9.06. The lowest BCUT2D eigenvalue weighted by atomic mass is 10.0. The van der Waals surface area contributed by atoms with Gasteiger partial charge in [0.15, 0.2) is 0 Å². The van der Waals surface area contributed by atoms with Crippen LogP contribution in [-0.2, 0) is 11.3 Å². The Morgan fingerprint density at radius 2 is 1.74 bits per heavy atom. The smallest absolute Gasteiger partial charge is 0.310 e. The van der Waals surface area contributed by atoms with E-state index in [1.165, 1.54) is 0 Å². The Bertz CT molecular complexity index is 534. The van der Waals surface area contributed by atoms with Crippen LogP contribution in [0.15, 0.2) is 42.5 Å². The number of hydrogen-bond donors (Lipinski definition) is 1. The number of halogens is 3. The van der Waals surface area contributed by atoms with E-state index < -0.39 is 6.36 Å². The van der Waals surface area contributed by atoms with Gasteiger partial charge in [-0.3, -0.25) is 4.74 Å². The highest BCUT2D eigenvalue weighted by Gasteiger charge is 2.28. The van der Waals surface area contributed by atoms with E-state index in [-0.39, 0.29) is 13.2 Å². The molecule has 0 bridgehead atoms. The Kier molecular flexibility index (Phi) is 4.39. The zero-order valence-electron chi connectivity index (χ0n) is 10.2. The third kappa shape index (κ3) is 4.22. The predicted molar refractivity (Wildman–Crippen MR) is 67.7 cm³/mol. The Balaban J connectivity index is 1.88. The van der Waals surface area contributed by atoms with Crippen LogP contribution in [0.25, 0.3) is 10.8 Å². The van der Waals surface area contributed by atoms with E-state index in [0.717, 1.165) is 16.3 Å². The first-order valence-corrected chi connectivity index (χ1v) is 5.94. The van der Waals surface area contributed by atoms with Crippen LogP contribution in [-0.4, -0.2) is 19.5 Å². The molecule has 0 atom stereocenters. The van der Waals surface area contributed by atoms with Gasteiger partial charge in [0, 0.05) is 13.1 Å². The minimum absolute atomic E-state index is 0.155. The van der Waals surface area contributed by atoms with Gasteiger partial charge in [0.2, 0.25) is 0 Å². The average molecular weight is 269 g/mol. The minimum Gasteiger partial charge on any atom is -0.310 e. The van der Waals surface area contributed by atoms with Gasteiger partial charge in [-0.05, 0) is 16.3 Å². The molecular formula is C14H14F3NO. The molecule has 102 valence electrons. The normalized spacial score (nSPS) is 11.9. The second kappa shape index (κ2) is 6.04. The highest BCUT2D eigenvalue weighted by molar-refractivity contribution is 5.85. The molecule has 0 aromatic heterocycles. The first-order valence-electron chi connectivity index (χ1n) is 5.94. The fourth-order valence-electron chi connectivity index (χ4n) is 1.91. The maximum atomic E-state index is 11.8. The molecule has 0 aliphatic rings. The molecule has 0 unspecified atom stereocenters. The minimum atomic E-state index is -4.55. The van der Waals surface area contributed by atoms with Crippen LogP contribution in [0, 0.1) is 0 Å². The second-order valence-electron chi connectivity index (χ2n) is 4.11. The van der Waals surface area contributed by atoms with Crippen LogP contribution >= 0.6 is 0 Å². The van der Waals surface area contributed by atoms with Crippen molar-refractivity contribution in [3.63, 3.8) is 0 Å². The topological polar surface area (TPSA) is 21.3 Å². The fourth-order valence-corrected chi connectivity index (χ4v) is 1.91. The van der Waals surface area contributed by atoms with Gasteiger partial charge < -0.3 is 5.32 Å². The molecule has 2 aromatic carbocycles. The second-order valence-corrected chi connectivity index (χ2v) is 4.11. The third-order valence-corrected chi connectivity index (χ3v) is 2.74. The molecule has 1 N–H and O–H groups in total. The van der Waals surface area contributed by atoms with Crippen molar-refractivity contribution < 1.29 is 17.9 Å². The van der Waals surface area contributed by atoms with E-state index in [9.17, 15) is 13.2 Å². The van der Waals surface area contributed by atoms with Crippen molar-refractivity contribution in [1.29, 1.82) is 0 Å². The van der Waals surface area contributed by atoms with Crippen molar-refractivity contribution in [3.05, 3.63) is 48.0 Å². The highest BCUT2D eigenvalue weighted by Crippen LogP contribution is 2.18. The summed E-state index contributed by atoms with van der Waals surface area (Å²) in [4.78, 5) is 0. The van der Waals surface area contributed by atoms with Crippen molar-refractivity contribution in [2.45, 2.75) is 12.9 Å². The van der Waals surface area contributed by atoms with Crippen LogP contribution in [0.1, 0.15) is 5.56 Å². The molecule has 0 aliphatic heterocycles. The van der Waals surface area contributed by atoms with Crippen molar-refractivity contribution in [2.75, 3.05) is 13.2 Å². The average Bonchev–Trinajstić information content (AvgIpc) is 2.37. The molecule has 2 aromatic rings. The lowest BCUT2D eigenvalue weighted by Crippen LogP contribution is -2.24. The summed E-state index contributed by atoms with van der Waals surface area (Å²) in [6.07, 6.45) is -4.55. The van der Waals surface area contributed by atoms with Gasteiger partial charge in [0.05, 0.1) is 6.61 Å². The molecule has 0 heterocycles. The van der Waals surface area contributed by atoms with Crippen LogP contribution in [0.5, 0.6) is 0 Å². The Morgan fingerprint density at radius 1 is 1.00 bits per heavy atom. The number of ether oxygens (including phenoxy) is 1. The number of fused-ring (bicyclic) bond motifs is 1. The maximum absolute atomic E-state index is 11.8. The number of rotatable bonds is 5. The lowest BCUT2D eigenvalue weighted by Gasteiger charge is -2.10. The van der Waals surface area contributed by atoms with Gasteiger partial charge in [0.25, 0.3) is 0 Å². The molecule has 19 heavy (non-hydrogen) atoms. The molecule has 5 heteroatoms. The molecule has 0 spiro atoms. The van der Waals surface area contributed by atoms with Crippen LogP contribution in [0.2, 0.25) is 0 Å². The zero-order valence-corrected chi connectivity index (χ0v) is 10.2. The van der Waals surface area contributed by atoms with Gasteiger partial charge >= 0.3 is 6.36 Å². The fraction of sp³-hybridized carbons (Fsp3) is 0.286. The van der Waals surface area contributed by atoms with Crippen molar-refractivity contribution in [2.24, 2.45) is 0 Å². The lowest BCUT2D eigenvalue weighted by molar-refractivity contribution is -0.323. The van der Waals surface area contributed by atoms with Gasteiger partial charge in [0.1, 0.15) is 0 Å². The predicted octanol–water partition coefficient (Wildman–Crippen LogP) is 3.47.